The van der Waals surface area contributed by atoms with Crippen molar-refractivity contribution < 1.29 is 44.5 Å². The topological polar surface area (TPSA) is 170 Å². The first-order chi connectivity index (χ1) is 14.3. The maximum absolute atomic E-state index is 11.7. The molecule has 10 heteroatoms. The smallest absolute Gasteiger partial charge is 0.331 e. The molecule has 2 rings (SSSR count). The van der Waals surface area contributed by atoms with Gasteiger partial charge in [0.15, 0.2) is 6.29 Å². The first-order valence-electron chi connectivity index (χ1n) is 9.00. The largest absolute Gasteiger partial charge is 0.508 e. The summed E-state index contributed by atoms with van der Waals surface area (Å²) < 4.78 is 15.4. The van der Waals surface area contributed by atoms with Gasteiger partial charge in [0.05, 0.1) is 24.9 Å². The predicted octanol–water partition coefficient (Wildman–Crippen LogP) is -0.785. The highest BCUT2D eigenvalue weighted by atomic mass is 16.7. The number of aliphatic hydroxyl groups is 4. The second-order valence-electron chi connectivity index (χ2n) is 6.40. The lowest BCUT2D eigenvalue weighted by atomic mass is 9.99. The molecule has 5 N–H and O–H groups in total. The minimum atomic E-state index is -1.57. The zero-order valence-corrected chi connectivity index (χ0v) is 15.9. The molecule has 1 aliphatic rings. The number of ether oxygens (including phenoxy) is 3. The number of aromatic hydroxyl groups is 1. The number of hydrogen-bond acceptors (Lipinski definition) is 10. The predicted molar refractivity (Wildman–Crippen MR) is 102 cm³/mol. The Balaban J connectivity index is 1.82. The lowest BCUT2D eigenvalue weighted by Gasteiger charge is -2.39. The number of aliphatic hydroxyl groups excluding tert-OH is 4. The minimum Gasteiger partial charge on any atom is -0.508 e. The fourth-order valence-corrected chi connectivity index (χ4v) is 2.53. The van der Waals surface area contributed by atoms with E-state index in [2.05, 4.69) is 0 Å². The highest BCUT2D eigenvalue weighted by Gasteiger charge is 2.43. The van der Waals surface area contributed by atoms with Crippen molar-refractivity contribution in [3.05, 3.63) is 47.6 Å². The molecule has 10 nitrogen and oxygen atoms in total. The van der Waals surface area contributed by atoms with E-state index in [1.165, 1.54) is 30.4 Å². The van der Waals surface area contributed by atoms with Crippen molar-refractivity contribution in [1.82, 2.24) is 0 Å². The lowest BCUT2D eigenvalue weighted by molar-refractivity contribution is -0.298. The SMILES string of the molecule is N#C/C(=C\CO[C@@H]1O[C@H](CO)[C@@H](O)[C@H](O)[C@H]1O)COC(=O)C=Cc1ccc(O)cc1. The van der Waals surface area contributed by atoms with Gasteiger partial charge in [0.1, 0.15) is 36.8 Å². The van der Waals surface area contributed by atoms with E-state index in [0.717, 1.165) is 0 Å². The Hall–Kier alpha value is -2.78. The van der Waals surface area contributed by atoms with E-state index in [4.69, 9.17) is 24.6 Å². The summed E-state index contributed by atoms with van der Waals surface area (Å²) in [6, 6.07) is 7.99. The minimum absolute atomic E-state index is 0.0750. The van der Waals surface area contributed by atoms with Gasteiger partial charge in [0.25, 0.3) is 0 Å². The summed E-state index contributed by atoms with van der Waals surface area (Å²) in [5, 5.41) is 56.7. The number of phenolic OH excluding ortho intramolecular Hbond substituents is 1. The van der Waals surface area contributed by atoms with Gasteiger partial charge in [-0.1, -0.05) is 12.1 Å². The fraction of sp³-hybridized carbons (Fsp3) is 0.400. The molecule has 0 amide bonds. The molecule has 30 heavy (non-hydrogen) atoms. The summed E-state index contributed by atoms with van der Waals surface area (Å²) in [6.45, 7) is -1.11. The molecule has 0 spiro atoms. The maximum Gasteiger partial charge on any atom is 0.331 e. The van der Waals surface area contributed by atoms with Gasteiger partial charge in [0, 0.05) is 6.08 Å². The molecule has 0 aliphatic carbocycles. The molecule has 0 bridgehead atoms. The lowest BCUT2D eigenvalue weighted by Crippen LogP contribution is -2.59. The number of phenols is 1. The van der Waals surface area contributed by atoms with Crippen LogP contribution in [-0.2, 0) is 19.0 Å². The summed E-state index contributed by atoms with van der Waals surface area (Å²) in [4.78, 5) is 11.7. The summed E-state index contributed by atoms with van der Waals surface area (Å²) in [7, 11) is 0. The summed E-state index contributed by atoms with van der Waals surface area (Å²) in [5.74, 6) is -0.580. The Kier molecular flexibility index (Phi) is 8.94. The van der Waals surface area contributed by atoms with Gasteiger partial charge in [-0.05, 0) is 29.8 Å². The summed E-state index contributed by atoms with van der Waals surface area (Å²) in [6.07, 6.45) is -3.08. The summed E-state index contributed by atoms with van der Waals surface area (Å²) >= 11 is 0. The first-order valence-corrected chi connectivity index (χ1v) is 9.00. The van der Waals surface area contributed by atoms with Crippen molar-refractivity contribution in [2.24, 2.45) is 0 Å². The standard InChI is InChI=1S/C20H23NO9/c21-9-13(11-29-16(24)6-3-12-1-4-14(23)5-2-12)7-8-28-20-19(27)18(26)17(25)15(10-22)30-20/h1-7,15,17-20,22-23,25-27H,8,10-11H2/b6-3?,13-7+/t15-,17-,18+,19-,20-/m1/s1. The number of carbonyl (C=O) groups is 1. The van der Waals surface area contributed by atoms with Crippen molar-refractivity contribution in [3.8, 4) is 11.8 Å². The van der Waals surface area contributed by atoms with E-state index in [-0.39, 0.29) is 24.5 Å². The van der Waals surface area contributed by atoms with E-state index in [1.807, 2.05) is 6.07 Å². The molecular weight excluding hydrogens is 398 g/mol. The molecule has 0 aromatic heterocycles. The van der Waals surface area contributed by atoms with Crippen LogP contribution in [0.25, 0.3) is 6.08 Å². The number of nitriles is 1. The number of hydrogen-bond donors (Lipinski definition) is 5. The van der Waals surface area contributed by atoms with E-state index < -0.39 is 43.3 Å². The van der Waals surface area contributed by atoms with Crippen LogP contribution < -0.4 is 0 Å². The van der Waals surface area contributed by atoms with Crippen LogP contribution in [-0.4, -0.2) is 82.0 Å². The van der Waals surface area contributed by atoms with E-state index in [1.54, 1.807) is 12.1 Å². The van der Waals surface area contributed by atoms with Crippen LogP contribution in [0.3, 0.4) is 0 Å². The van der Waals surface area contributed by atoms with Crippen LogP contribution in [0.2, 0.25) is 0 Å². The van der Waals surface area contributed by atoms with Gasteiger partial charge < -0.3 is 39.7 Å². The van der Waals surface area contributed by atoms with Crippen LogP contribution in [0.15, 0.2) is 42.0 Å². The summed E-state index contributed by atoms with van der Waals surface area (Å²) in [5.41, 5.74) is 0.750. The number of benzene rings is 1. The highest BCUT2D eigenvalue weighted by molar-refractivity contribution is 5.87. The van der Waals surface area contributed by atoms with Crippen LogP contribution in [0, 0.1) is 11.3 Å². The maximum atomic E-state index is 11.7. The third-order valence-corrected chi connectivity index (χ3v) is 4.26. The molecule has 1 aliphatic heterocycles. The van der Waals surface area contributed by atoms with Crippen molar-refractivity contribution in [1.29, 1.82) is 5.26 Å². The third kappa shape index (κ3) is 6.64. The van der Waals surface area contributed by atoms with Crippen molar-refractivity contribution in [2.45, 2.75) is 30.7 Å². The van der Waals surface area contributed by atoms with Crippen molar-refractivity contribution in [2.75, 3.05) is 19.8 Å². The molecule has 0 saturated carbocycles. The Morgan fingerprint density at radius 3 is 2.50 bits per heavy atom. The Morgan fingerprint density at radius 2 is 1.87 bits per heavy atom. The number of esters is 1. The van der Waals surface area contributed by atoms with Crippen LogP contribution in [0.5, 0.6) is 5.75 Å². The average Bonchev–Trinajstić information content (AvgIpc) is 2.75. The van der Waals surface area contributed by atoms with Gasteiger partial charge in [0.2, 0.25) is 0 Å². The Labute approximate surface area is 172 Å². The normalized spacial score (nSPS) is 27.0. The molecule has 1 aromatic carbocycles. The second-order valence-corrected chi connectivity index (χ2v) is 6.40. The van der Waals surface area contributed by atoms with Crippen LogP contribution in [0.4, 0.5) is 0 Å². The van der Waals surface area contributed by atoms with Crippen LogP contribution in [0.1, 0.15) is 5.56 Å². The second kappa shape index (κ2) is 11.4. The number of rotatable bonds is 8. The quantitative estimate of drug-likeness (QED) is 0.204. The molecule has 1 fully saturated rings. The number of carbonyl (C=O) groups excluding carboxylic acids is 1. The molecule has 0 radical (unpaired) electrons. The molecule has 162 valence electrons. The Morgan fingerprint density at radius 1 is 1.17 bits per heavy atom. The van der Waals surface area contributed by atoms with E-state index in [9.17, 15) is 25.2 Å². The van der Waals surface area contributed by atoms with Gasteiger partial charge >= 0.3 is 5.97 Å². The molecule has 0 unspecified atom stereocenters. The zero-order chi connectivity index (χ0) is 22.1. The van der Waals surface area contributed by atoms with Gasteiger partial charge in [-0.3, -0.25) is 0 Å². The fourth-order valence-electron chi connectivity index (χ4n) is 2.53. The van der Waals surface area contributed by atoms with Crippen molar-refractivity contribution >= 4 is 12.0 Å². The molecule has 1 heterocycles. The molecule has 1 aromatic rings. The van der Waals surface area contributed by atoms with Crippen LogP contribution >= 0.6 is 0 Å². The van der Waals surface area contributed by atoms with E-state index in [0.29, 0.717) is 5.56 Å². The van der Waals surface area contributed by atoms with Gasteiger partial charge in [-0.15, -0.1) is 0 Å². The van der Waals surface area contributed by atoms with Gasteiger partial charge in [-0.25, -0.2) is 4.79 Å². The third-order valence-electron chi connectivity index (χ3n) is 4.26. The Bertz CT molecular complexity index is 797. The van der Waals surface area contributed by atoms with E-state index >= 15 is 0 Å². The zero-order valence-electron chi connectivity index (χ0n) is 15.9. The van der Waals surface area contributed by atoms with Crippen molar-refractivity contribution in [3.63, 3.8) is 0 Å². The monoisotopic (exact) mass is 421 g/mol. The first kappa shape index (κ1) is 23.5. The number of nitrogens with zero attached hydrogens (tertiary/aromatic N) is 1. The molecule has 1 saturated heterocycles. The molecular formula is C20H23NO9. The molecule has 5 atom stereocenters. The van der Waals surface area contributed by atoms with Gasteiger partial charge in [-0.2, -0.15) is 5.26 Å². The highest BCUT2D eigenvalue weighted by Crippen LogP contribution is 2.22. The average molecular weight is 421 g/mol.